The maximum Gasteiger partial charge on any atom is 0.508 e. The maximum atomic E-state index is 13.9. The van der Waals surface area contributed by atoms with Crippen LogP contribution in [0.5, 0.6) is 0 Å². The molecule has 32 heavy (non-hydrogen) atoms. The summed E-state index contributed by atoms with van der Waals surface area (Å²) in [4.78, 5) is 23.6. The fourth-order valence-corrected chi connectivity index (χ4v) is 4.43. The molecule has 0 saturated carbocycles. The molecular formula is C25H31FO6. The number of halogens is 1. The molecule has 0 aromatic heterocycles. The van der Waals surface area contributed by atoms with Gasteiger partial charge in [0, 0.05) is 12.8 Å². The Morgan fingerprint density at radius 3 is 2.75 bits per heavy atom. The average Bonchev–Trinajstić information content (AvgIpc) is 2.67. The quantitative estimate of drug-likeness (QED) is 0.650. The Bertz CT molecular complexity index is 932. The van der Waals surface area contributed by atoms with E-state index in [2.05, 4.69) is 0 Å². The van der Waals surface area contributed by atoms with Crippen molar-refractivity contribution >= 4 is 17.7 Å². The second kappa shape index (κ2) is 9.86. The van der Waals surface area contributed by atoms with Crippen molar-refractivity contribution in [2.45, 2.75) is 71.7 Å². The van der Waals surface area contributed by atoms with Crippen LogP contribution in [0.2, 0.25) is 0 Å². The molecule has 1 aliphatic heterocycles. The van der Waals surface area contributed by atoms with Gasteiger partial charge in [-0.2, -0.15) is 0 Å². The van der Waals surface area contributed by atoms with Crippen LogP contribution in [0.1, 0.15) is 57.6 Å². The van der Waals surface area contributed by atoms with Crippen molar-refractivity contribution in [2.75, 3.05) is 6.61 Å². The zero-order valence-corrected chi connectivity index (χ0v) is 19.0. The minimum atomic E-state index is -0.721. The van der Waals surface area contributed by atoms with E-state index in [1.165, 1.54) is 6.07 Å². The first kappa shape index (κ1) is 24.0. The molecule has 0 spiro atoms. The lowest BCUT2D eigenvalue weighted by atomic mass is 9.69. The minimum absolute atomic E-state index is 0.00547. The Morgan fingerprint density at radius 2 is 2.09 bits per heavy atom. The Kier molecular flexibility index (Phi) is 7.39. The van der Waals surface area contributed by atoms with Gasteiger partial charge in [0.2, 0.25) is 0 Å². The van der Waals surface area contributed by atoms with E-state index in [1.54, 1.807) is 32.1 Å². The van der Waals surface area contributed by atoms with E-state index in [9.17, 15) is 19.1 Å². The van der Waals surface area contributed by atoms with Crippen molar-refractivity contribution in [3.8, 4) is 0 Å². The van der Waals surface area contributed by atoms with E-state index in [-0.39, 0.29) is 24.3 Å². The largest absolute Gasteiger partial charge is 0.508 e. The van der Waals surface area contributed by atoms with Crippen LogP contribution < -0.4 is 0 Å². The second-order valence-electron chi connectivity index (χ2n) is 9.05. The number of benzene rings is 1. The zero-order valence-electron chi connectivity index (χ0n) is 19.0. The highest BCUT2D eigenvalue weighted by molar-refractivity contribution is 5.75. The summed E-state index contributed by atoms with van der Waals surface area (Å²) in [6, 6.07) is 4.94. The summed E-state index contributed by atoms with van der Waals surface area (Å²) in [6.45, 7) is 7.75. The van der Waals surface area contributed by atoms with Crippen molar-refractivity contribution in [1.82, 2.24) is 0 Å². The van der Waals surface area contributed by atoms with Gasteiger partial charge in [0.05, 0.1) is 19.1 Å². The van der Waals surface area contributed by atoms with Crippen molar-refractivity contribution in [2.24, 2.45) is 5.41 Å². The lowest BCUT2D eigenvalue weighted by Crippen LogP contribution is -2.33. The fraction of sp³-hybridized carbons (Fsp3) is 0.520. The molecule has 1 aromatic carbocycles. The Balaban J connectivity index is 1.98. The SMILES string of the molecule is CCOC(=O)O[C@@H]1CC(c2ccc(F)c(C)c2)=C(/C=C/[C@@H]2C[C@@H](O)CC(=O)O2)C(C)(C)C1. The molecule has 1 fully saturated rings. The molecule has 3 atom stereocenters. The third kappa shape index (κ3) is 5.76. The van der Waals surface area contributed by atoms with Crippen molar-refractivity contribution < 1.29 is 33.3 Å². The predicted molar refractivity (Wildman–Crippen MR) is 117 cm³/mol. The number of carbonyl (C=O) groups is 2. The van der Waals surface area contributed by atoms with E-state index in [4.69, 9.17) is 14.2 Å². The second-order valence-corrected chi connectivity index (χ2v) is 9.05. The first-order valence-corrected chi connectivity index (χ1v) is 11.0. The molecule has 1 saturated heterocycles. The molecule has 0 radical (unpaired) electrons. The third-order valence-corrected chi connectivity index (χ3v) is 5.92. The van der Waals surface area contributed by atoms with Gasteiger partial charge >= 0.3 is 12.1 Å². The number of allylic oxidation sites excluding steroid dienone is 2. The lowest BCUT2D eigenvalue weighted by Gasteiger charge is -2.38. The van der Waals surface area contributed by atoms with E-state index < -0.39 is 30.4 Å². The maximum absolute atomic E-state index is 13.9. The first-order chi connectivity index (χ1) is 15.1. The van der Waals surface area contributed by atoms with Crippen molar-refractivity contribution in [1.29, 1.82) is 0 Å². The molecule has 1 N–H and O–H groups in total. The summed E-state index contributed by atoms with van der Waals surface area (Å²) in [5.41, 5.74) is 2.89. The first-order valence-electron chi connectivity index (χ1n) is 11.0. The molecule has 0 unspecified atom stereocenters. The fourth-order valence-electron chi connectivity index (χ4n) is 4.43. The smallest absolute Gasteiger partial charge is 0.458 e. The molecule has 1 aliphatic carbocycles. The summed E-state index contributed by atoms with van der Waals surface area (Å²) in [7, 11) is 0. The van der Waals surface area contributed by atoms with Crippen LogP contribution in [0.3, 0.4) is 0 Å². The van der Waals surface area contributed by atoms with Gasteiger partial charge in [-0.25, -0.2) is 9.18 Å². The molecular weight excluding hydrogens is 415 g/mol. The number of hydrogen-bond acceptors (Lipinski definition) is 6. The van der Waals surface area contributed by atoms with E-state index in [0.717, 1.165) is 16.7 Å². The standard InChI is InChI=1S/C25H31FO6/c1-5-30-24(29)32-19-13-20(16-6-9-22(26)15(2)10-16)21(25(3,4)14-19)8-7-18-11-17(27)12-23(28)31-18/h6-10,17-19,27H,5,11-14H2,1-4H3/b8-7+/t17-,18-,19-/m1/s1. The van der Waals surface area contributed by atoms with Gasteiger partial charge in [-0.3, -0.25) is 4.79 Å². The number of esters is 1. The number of rotatable bonds is 5. The average molecular weight is 447 g/mol. The summed E-state index contributed by atoms with van der Waals surface area (Å²) in [6.07, 6.45) is 2.75. The van der Waals surface area contributed by atoms with E-state index in [0.29, 0.717) is 24.8 Å². The third-order valence-electron chi connectivity index (χ3n) is 5.92. The van der Waals surface area contributed by atoms with E-state index in [1.807, 2.05) is 19.9 Å². The number of hydrogen-bond donors (Lipinski definition) is 1. The van der Waals surface area contributed by atoms with Crippen molar-refractivity contribution in [3.05, 3.63) is 52.9 Å². The molecule has 0 amide bonds. The van der Waals surface area contributed by atoms with Crippen molar-refractivity contribution in [3.63, 3.8) is 0 Å². The number of aliphatic hydroxyl groups excluding tert-OH is 1. The zero-order chi connectivity index (χ0) is 23.5. The Morgan fingerprint density at radius 1 is 1.34 bits per heavy atom. The summed E-state index contributed by atoms with van der Waals surface area (Å²) in [5.74, 6) is -0.712. The van der Waals surface area contributed by atoms with Crippen LogP contribution in [-0.2, 0) is 19.0 Å². The summed E-state index contributed by atoms with van der Waals surface area (Å²) < 4.78 is 29.8. The highest BCUT2D eigenvalue weighted by Gasteiger charge is 2.37. The molecule has 7 heteroatoms. The lowest BCUT2D eigenvalue weighted by molar-refractivity contribution is -0.156. The normalized spacial score (nSPS) is 25.6. The monoisotopic (exact) mass is 446 g/mol. The minimum Gasteiger partial charge on any atom is -0.458 e. The summed E-state index contributed by atoms with van der Waals surface area (Å²) in [5, 5.41) is 9.90. The van der Waals surface area contributed by atoms with Crippen LogP contribution in [-0.4, -0.2) is 42.1 Å². The number of cyclic esters (lactones) is 1. The van der Waals surface area contributed by atoms with Crippen LogP contribution in [0.15, 0.2) is 35.9 Å². The van der Waals surface area contributed by atoms with Crippen LogP contribution >= 0.6 is 0 Å². The number of ether oxygens (including phenoxy) is 3. The van der Waals surface area contributed by atoms with Gasteiger partial charge in [0.15, 0.2) is 0 Å². The molecule has 0 bridgehead atoms. The van der Waals surface area contributed by atoms with Gasteiger partial charge < -0.3 is 19.3 Å². The number of aliphatic hydroxyl groups is 1. The van der Waals surface area contributed by atoms with Gasteiger partial charge in [-0.05, 0) is 66.2 Å². The van der Waals surface area contributed by atoms with Gasteiger partial charge in [-0.1, -0.05) is 26.0 Å². The van der Waals surface area contributed by atoms with Gasteiger partial charge in [0.1, 0.15) is 18.0 Å². The summed E-state index contributed by atoms with van der Waals surface area (Å²) >= 11 is 0. The Labute approximate surface area is 188 Å². The topological polar surface area (TPSA) is 82.1 Å². The molecule has 2 aliphatic rings. The highest BCUT2D eigenvalue weighted by atomic mass is 19.1. The molecule has 1 aromatic rings. The number of aryl methyl sites for hydroxylation is 1. The predicted octanol–water partition coefficient (Wildman–Crippen LogP) is 4.87. The van der Waals surface area contributed by atoms with Crippen LogP contribution in [0.25, 0.3) is 5.57 Å². The Hall–Kier alpha value is -2.67. The van der Waals surface area contributed by atoms with Crippen LogP contribution in [0.4, 0.5) is 9.18 Å². The molecule has 174 valence electrons. The van der Waals surface area contributed by atoms with Gasteiger partial charge in [-0.15, -0.1) is 0 Å². The van der Waals surface area contributed by atoms with Gasteiger partial charge in [0.25, 0.3) is 0 Å². The molecule has 1 heterocycles. The molecule has 6 nitrogen and oxygen atoms in total. The molecule has 3 rings (SSSR count). The van der Waals surface area contributed by atoms with Crippen LogP contribution in [0, 0.1) is 18.2 Å². The highest BCUT2D eigenvalue weighted by Crippen LogP contribution is 2.46. The number of carbonyl (C=O) groups excluding carboxylic acids is 2. The van der Waals surface area contributed by atoms with E-state index >= 15 is 0 Å².